The molecule has 2 rings (SSSR count). The minimum Gasteiger partial charge on any atom is -0.343 e. The molecule has 0 saturated carbocycles. The molecule has 2 aliphatic heterocycles. The molecule has 1 unspecified atom stereocenters. The van der Waals surface area contributed by atoms with Crippen LogP contribution in [0.2, 0.25) is 0 Å². The monoisotopic (exact) mass is 396 g/mol. The van der Waals surface area contributed by atoms with Gasteiger partial charge in [-0.15, -0.1) is 24.8 Å². The molecule has 2 saturated heterocycles. The number of hydrogen-bond donors (Lipinski definition) is 1. The summed E-state index contributed by atoms with van der Waals surface area (Å²) in [5.74, 6) is 0.868. The molecule has 0 aromatic heterocycles. The molecule has 0 spiro atoms. The molecule has 0 radical (unpaired) electrons. The highest BCUT2D eigenvalue weighted by atomic mass is 35.5. The van der Waals surface area contributed by atoms with Gasteiger partial charge in [-0.1, -0.05) is 6.92 Å². The van der Waals surface area contributed by atoms with Crippen LogP contribution in [0.5, 0.6) is 0 Å². The van der Waals surface area contributed by atoms with Gasteiger partial charge in [0, 0.05) is 58.2 Å². The first kappa shape index (κ1) is 24.4. The molecule has 148 valence electrons. The van der Waals surface area contributed by atoms with Crippen LogP contribution in [0.15, 0.2) is 0 Å². The van der Waals surface area contributed by atoms with Crippen molar-refractivity contribution in [2.45, 2.75) is 45.6 Å². The number of nitrogens with two attached hydrogens (primary N) is 1. The lowest BCUT2D eigenvalue weighted by Gasteiger charge is -2.36. The third-order valence-corrected chi connectivity index (χ3v) is 5.10. The van der Waals surface area contributed by atoms with Crippen LogP contribution in [0.3, 0.4) is 0 Å². The number of likely N-dealkylation sites (tertiary alicyclic amines) is 1. The minimum absolute atomic E-state index is 0. The molecule has 25 heavy (non-hydrogen) atoms. The number of rotatable bonds is 5. The summed E-state index contributed by atoms with van der Waals surface area (Å²) in [6.45, 7) is 10.3. The van der Waals surface area contributed by atoms with Crippen LogP contribution in [0.1, 0.15) is 39.5 Å². The Bertz CT molecular complexity index is 407. The summed E-state index contributed by atoms with van der Waals surface area (Å²) in [6.07, 6.45) is 2.93. The fourth-order valence-corrected chi connectivity index (χ4v) is 3.48. The van der Waals surface area contributed by atoms with Gasteiger partial charge < -0.3 is 20.4 Å². The van der Waals surface area contributed by atoms with Crippen molar-refractivity contribution < 1.29 is 9.59 Å². The normalized spacial score (nSPS) is 20.4. The lowest BCUT2D eigenvalue weighted by atomic mass is 9.92. The Morgan fingerprint density at radius 1 is 0.960 bits per heavy atom. The van der Waals surface area contributed by atoms with E-state index >= 15 is 0 Å². The largest absolute Gasteiger partial charge is 0.343 e. The fraction of sp³-hybridized carbons (Fsp3) is 0.882. The van der Waals surface area contributed by atoms with E-state index in [2.05, 4.69) is 11.8 Å². The summed E-state index contributed by atoms with van der Waals surface area (Å²) in [4.78, 5) is 30.7. The lowest BCUT2D eigenvalue weighted by Crippen LogP contribution is -2.49. The van der Waals surface area contributed by atoms with Crippen molar-refractivity contribution in [3.63, 3.8) is 0 Å². The number of piperidine rings is 1. The fourth-order valence-electron chi connectivity index (χ4n) is 3.48. The van der Waals surface area contributed by atoms with Crippen LogP contribution in [-0.4, -0.2) is 78.4 Å². The van der Waals surface area contributed by atoms with Gasteiger partial charge in [0.1, 0.15) is 0 Å². The Balaban J connectivity index is 0.00000288. The van der Waals surface area contributed by atoms with Gasteiger partial charge in [0.05, 0.1) is 0 Å². The maximum absolute atomic E-state index is 12.4. The summed E-state index contributed by atoms with van der Waals surface area (Å²) < 4.78 is 0. The van der Waals surface area contributed by atoms with Gasteiger partial charge in [-0.3, -0.25) is 9.59 Å². The van der Waals surface area contributed by atoms with E-state index in [0.29, 0.717) is 24.7 Å². The van der Waals surface area contributed by atoms with Crippen LogP contribution in [0, 0.1) is 5.92 Å². The van der Waals surface area contributed by atoms with Crippen molar-refractivity contribution in [2.24, 2.45) is 11.7 Å². The zero-order chi connectivity index (χ0) is 16.8. The number of nitrogens with zero attached hydrogens (tertiary/aromatic N) is 3. The van der Waals surface area contributed by atoms with E-state index in [4.69, 9.17) is 5.73 Å². The second-order valence-electron chi connectivity index (χ2n) is 7.02. The number of carbonyl (C=O) groups excluding carboxylic acids is 2. The smallest absolute Gasteiger partial charge is 0.224 e. The summed E-state index contributed by atoms with van der Waals surface area (Å²) in [6, 6.07) is -0.0800. The maximum Gasteiger partial charge on any atom is 0.224 e. The van der Waals surface area contributed by atoms with Gasteiger partial charge in [0.2, 0.25) is 11.8 Å². The molecule has 2 aliphatic rings. The van der Waals surface area contributed by atoms with Crippen molar-refractivity contribution in [2.75, 3.05) is 45.8 Å². The SMILES string of the molecule is CCN1CCN(C(=O)CC2CCN(C(=O)CC(C)N)CC2)CC1.Cl.Cl. The third-order valence-electron chi connectivity index (χ3n) is 5.10. The molecule has 0 aromatic carbocycles. The molecule has 2 heterocycles. The molecule has 0 aliphatic carbocycles. The number of amides is 2. The van der Waals surface area contributed by atoms with Crippen molar-refractivity contribution in [1.82, 2.24) is 14.7 Å². The zero-order valence-electron chi connectivity index (χ0n) is 15.5. The first-order valence-electron chi connectivity index (χ1n) is 9.03. The first-order chi connectivity index (χ1) is 11.0. The zero-order valence-corrected chi connectivity index (χ0v) is 17.1. The highest BCUT2D eigenvalue weighted by Gasteiger charge is 2.27. The summed E-state index contributed by atoms with van der Waals surface area (Å²) >= 11 is 0. The Morgan fingerprint density at radius 3 is 1.96 bits per heavy atom. The van der Waals surface area contributed by atoms with Gasteiger partial charge in [0.15, 0.2) is 0 Å². The predicted octanol–water partition coefficient (Wildman–Crippen LogP) is 1.36. The Hall–Kier alpha value is -0.560. The second kappa shape index (κ2) is 11.9. The van der Waals surface area contributed by atoms with Gasteiger partial charge in [-0.05, 0) is 32.2 Å². The van der Waals surface area contributed by atoms with Crippen molar-refractivity contribution in [1.29, 1.82) is 0 Å². The molecule has 8 heteroatoms. The Kier molecular flexibility index (Phi) is 11.7. The summed E-state index contributed by atoms with van der Waals surface area (Å²) in [7, 11) is 0. The molecule has 0 bridgehead atoms. The van der Waals surface area contributed by atoms with E-state index < -0.39 is 0 Å². The highest BCUT2D eigenvalue weighted by Crippen LogP contribution is 2.22. The quantitative estimate of drug-likeness (QED) is 0.761. The number of hydrogen-bond acceptors (Lipinski definition) is 4. The molecule has 2 fully saturated rings. The topological polar surface area (TPSA) is 69.9 Å². The van der Waals surface area contributed by atoms with Crippen LogP contribution in [-0.2, 0) is 9.59 Å². The van der Waals surface area contributed by atoms with Gasteiger partial charge in [-0.2, -0.15) is 0 Å². The summed E-state index contributed by atoms with van der Waals surface area (Å²) in [5.41, 5.74) is 5.69. The van der Waals surface area contributed by atoms with E-state index in [0.717, 1.165) is 58.7 Å². The van der Waals surface area contributed by atoms with Crippen molar-refractivity contribution in [3.05, 3.63) is 0 Å². The first-order valence-corrected chi connectivity index (χ1v) is 9.03. The molecule has 2 N–H and O–H groups in total. The number of carbonyl (C=O) groups is 2. The number of likely N-dealkylation sites (N-methyl/N-ethyl adjacent to an activating group) is 1. The Labute approximate surface area is 164 Å². The summed E-state index contributed by atoms with van der Waals surface area (Å²) in [5, 5.41) is 0. The average molecular weight is 397 g/mol. The van der Waals surface area contributed by atoms with Crippen LogP contribution < -0.4 is 5.73 Å². The van der Waals surface area contributed by atoms with E-state index in [1.165, 1.54) is 0 Å². The third kappa shape index (κ3) is 7.69. The van der Waals surface area contributed by atoms with Gasteiger partial charge in [0.25, 0.3) is 0 Å². The standard InChI is InChI=1S/C17H32N4O2.2ClH/c1-3-19-8-10-21(11-9-19)17(23)13-15-4-6-20(7-5-15)16(22)12-14(2)18;;/h14-15H,3-13,18H2,1-2H3;2*1H. The molecular weight excluding hydrogens is 363 g/mol. The van der Waals surface area contributed by atoms with E-state index in [1.807, 2.05) is 16.7 Å². The van der Waals surface area contributed by atoms with Crippen molar-refractivity contribution >= 4 is 36.6 Å². The van der Waals surface area contributed by atoms with E-state index in [-0.39, 0.29) is 36.8 Å². The Morgan fingerprint density at radius 2 is 1.48 bits per heavy atom. The molecule has 0 aromatic rings. The highest BCUT2D eigenvalue weighted by molar-refractivity contribution is 5.85. The van der Waals surface area contributed by atoms with Crippen molar-refractivity contribution in [3.8, 4) is 0 Å². The molecule has 1 atom stereocenters. The lowest BCUT2D eigenvalue weighted by molar-refractivity contribution is -0.135. The second-order valence-corrected chi connectivity index (χ2v) is 7.02. The molecule has 2 amide bonds. The minimum atomic E-state index is -0.0800. The van der Waals surface area contributed by atoms with Gasteiger partial charge >= 0.3 is 0 Å². The van der Waals surface area contributed by atoms with Gasteiger partial charge in [-0.25, -0.2) is 0 Å². The van der Waals surface area contributed by atoms with Crippen LogP contribution in [0.25, 0.3) is 0 Å². The van der Waals surface area contributed by atoms with E-state index in [9.17, 15) is 9.59 Å². The van der Waals surface area contributed by atoms with E-state index in [1.54, 1.807) is 0 Å². The number of halogens is 2. The maximum atomic E-state index is 12.4. The number of piperazine rings is 1. The predicted molar refractivity (Wildman–Crippen MR) is 105 cm³/mol. The molecule has 6 nitrogen and oxygen atoms in total. The van der Waals surface area contributed by atoms with Crippen LogP contribution in [0.4, 0.5) is 0 Å². The van der Waals surface area contributed by atoms with Crippen LogP contribution >= 0.6 is 24.8 Å². The average Bonchev–Trinajstić information content (AvgIpc) is 2.55. The molecular formula is C17H34Cl2N4O2.